The number of nitrogens with one attached hydrogen (secondary N) is 1. The molecule has 0 aliphatic heterocycles. The molecule has 1 heterocycles. The molecule has 0 unspecified atom stereocenters. The maximum absolute atomic E-state index is 13.0. The van der Waals surface area contributed by atoms with Crippen LogP contribution in [-0.4, -0.2) is 22.3 Å². The van der Waals surface area contributed by atoms with Gasteiger partial charge in [0, 0.05) is 16.6 Å². The maximum Gasteiger partial charge on any atom is 0.255 e. The van der Waals surface area contributed by atoms with Crippen LogP contribution in [0.2, 0.25) is 0 Å². The van der Waals surface area contributed by atoms with Gasteiger partial charge in [-0.3, -0.25) is 9.59 Å². The van der Waals surface area contributed by atoms with Crippen molar-refractivity contribution in [2.75, 3.05) is 6.54 Å². The number of carbonyl (C=O) groups is 1. The topological polar surface area (TPSA) is 53.2 Å². The van der Waals surface area contributed by atoms with Crippen LogP contribution in [0.3, 0.4) is 0 Å². The summed E-state index contributed by atoms with van der Waals surface area (Å²) in [6.45, 7) is 4.87. The molecule has 0 bridgehead atoms. The molecular weight excluding hydrogens is 392 g/mol. The first-order chi connectivity index (χ1) is 12.5. The Hall–Kier alpha value is -2.40. The van der Waals surface area contributed by atoms with Crippen LogP contribution in [-0.2, 0) is 6.54 Å². The van der Waals surface area contributed by atoms with Crippen molar-refractivity contribution >= 4 is 32.7 Å². The lowest BCUT2D eigenvalue weighted by atomic mass is 10.1. The SMILES string of the molecule is CCCN(Cc1cc2cccc(C)c2[nH]c1=O)C(=O)c1ccccc1Br. The van der Waals surface area contributed by atoms with Crippen molar-refractivity contribution in [3.05, 3.63) is 80.0 Å². The van der Waals surface area contributed by atoms with E-state index in [1.807, 2.05) is 56.3 Å². The molecule has 26 heavy (non-hydrogen) atoms. The van der Waals surface area contributed by atoms with Crippen LogP contribution in [0.15, 0.2) is 57.8 Å². The number of aryl methyl sites for hydroxylation is 1. The van der Waals surface area contributed by atoms with Crippen LogP contribution >= 0.6 is 15.9 Å². The second kappa shape index (κ2) is 7.87. The van der Waals surface area contributed by atoms with Crippen LogP contribution in [0, 0.1) is 6.92 Å². The van der Waals surface area contributed by atoms with Gasteiger partial charge in [-0.2, -0.15) is 0 Å². The predicted octanol–water partition coefficient (Wildman–Crippen LogP) is 4.65. The van der Waals surface area contributed by atoms with Gasteiger partial charge in [0.1, 0.15) is 0 Å². The number of hydrogen-bond donors (Lipinski definition) is 1. The lowest BCUT2D eigenvalue weighted by Gasteiger charge is -2.22. The molecule has 3 aromatic rings. The number of pyridine rings is 1. The standard InChI is InChI=1S/C21H21BrN2O2/c1-3-11-24(21(26)17-9-4-5-10-18(17)22)13-16-12-15-8-6-7-14(2)19(15)23-20(16)25/h4-10,12H,3,11,13H2,1-2H3,(H,23,25). The van der Waals surface area contributed by atoms with E-state index < -0.39 is 0 Å². The molecule has 0 radical (unpaired) electrons. The van der Waals surface area contributed by atoms with Gasteiger partial charge >= 0.3 is 0 Å². The maximum atomic E-state index is 13.0. The van der Waals surface area contributed by atoms with E-state index in [0.29, 0.717) is 17.7 Å². The molecule has 0 aliphatic rings. The summed E-state index contributed by atoms with van der Waals surface area (Å²) in [5, 5.41) is 0.976. The number of H-pyrrole nitrogens is 1. The molecule has 0 fully saturated rings. The Labute approximate surface area is 161 Å². The van der Waals surface area contributed by atoms with Crippen molar-refractivity contribution in [2.45, 2.75) is 26.8 Å². The van der Waals surface area contributed by atoms with E-state index >= 15 is 0 Å². The summed E-state index contributed by atoms with van der Waals surface area (Å²) in [6.07, 6.45) is 0.820. The first-order valence-corrected chi connectivity index (χ1v) is 9.46. The molecule has 0 saturated carbocycles. The van der Waals surface area contributed by atoms with Gasteiger partial charge in [-0.15, -0.1) is 0 Å². The van der Waals surface area contributed by atoms with Gasteiger partial charge in [0.25, 0.3) is 11.5 Å². The van der Waals surface area contributed by atoms with E-state index in [1.54, 1.807) is 11.0 Å². The quantitative estimate of drug-likeness (QED) is 0.662. The Balaban J connectivity index is 1.97. The normalized spacial score (nSPS) is 10.9. The lowest BCUT2D eigenvalue weighted by molar-refractivity contribution is 0.0741. The Bertz CT molecular complexity index is 1010. The van der Waals surface area contributed by atoms with Gasteiger partial charge in [-0.25, -0.2) is 0 Å². The number of fused-ring (bicyclic) bond motifs is 1. The van der Waals surface area contributed by atoms with Crippen molar-refractivity contribution in [3.8, 4) is 0 Å². The molecular formula is C21H21BrN2O2. The van der Waals surface area contributed by atoms with E-state index in [2.05, 4.69) is 20.9 Å². The predicted molar refractivity (Wildman–Crippen MR) is 108 cm³/mol. The third-order valence-corrected chi connectivity index (χ3v) is 5.10. The first kappa shape index (κ1) is 18.4. The minimum atomic E-state index is -0.146. The lowest BCUT2D eigenvalue weighted by Crippen LogP contribution is -2.33. The largest absolute Gasteiger partial charge is 0.334 e. The summed E-state index contributed by atoms with van der Waals surface area (Å²) < 4.78 is 0.758. The molecule has 2 aromatic carbocycles. The van der Waals surface area contributed by atoms with Crippen molar-refractivity contribution in [2.24, 2.45) is 0 Å². The monoisotopic (exact) mass is 412 g/mol. The number of amides is 1. The summed E-state index contributed by atoms with van der Waals surface area (Å²) >= 11 is 3.44. The summed E-state index contributed by atoms with van der Waals surface area (Å²) in [4.78, 5) is 30.2. The van der Waals surface area contributed by atoms with Crippen molar-refractivity contribution in [1.29, 1.82) is 0 Å². The Morgan fingerprint density at radius 2 is 1.92 bits per heavy atom. The molecule has 1 aromatic heterocycles. The third-order valence-electron chi connectivity index (χ3n) is 4.41. The number of aromatic nitrogens is 1. The fraction of sp³-hybridized carbons (Fsp3) is 0.238. The molecule has 1 N–H and O–H groups in total. The average molecular weight is 413 g/mol. The van der Waals surface area contributed by atoms with Crippen LogP contribution in [0.4, 0.5) is 0 Å². The fourth-order valence-corrected chi connectivity index (χ4v) is 3.53. The zero-order valence-electron chi connectivity index (χ0n) is 14.9. The van der Waals surface area contributed by atoms with E-state index in [-0.39, 0.29) is 18.0 Å². The molecule has 0 saturated heterocycles. The number of carbonyl (C=O) groups excluding carboxylic acids is 1. The number of aromatic amines is 1. The second-order valence-corrected chi connectivity index (χ2v) is 7.22. The van der Waals surface area contributed by atoms with E-state index in [9.17, 15) is 9.59 Å². The van der Waals surface area contributed by atoms with Gasteiger partial charge in [-0.1, -0.05) is 37.3 Å². The van der Waals surface area contributed by atoms with Gasteiger partial charge in [0.2, 0.25) is 0 Å². The number of rotatable bonds is 5. The van der Waals surface area contributed by atoms with Crippen LogP contribution in [0.5, 0.6) is 0 Å². The van der Waals surface area contributed by atoms with E-state index in [1.165, 1.54) is 0 Å². The van der Waals surface area contributed by atoms with E-state index in [0.717, 1.165) is 27.4 Å². The van der Waals surface area contributed by atoms with Crippen LogP contribution in [0.1, 0.15) is 34.8 Å². The van der Waals surface area contributed by atoms with Gasteiger partial charge in [-0.05, 0) is 58.4 Å². The van der Waals surface area contributed by atoms with Crippen LogP contribution < -0.4 is 5.56 Å². The van der Waals surface area contributed by atoms with Gasteiger partial charge < -0.3 is 9.88 Å². The molecule has 3 rings (SSSR count). The fourth-order valence-electron chi connectivity index (χ4n) is 3.08. The number of para-hydroxylation sites is 1. The first-order valence-electron chi connectivity index (χ1n) is 8.66. The van der Waals surface area contributed by atoms with Crippen molar-refractivity contribution < 1.29 is 4.79 Å². The molecule has 0 aliphatic carbocycles. The molecule has 134 valence electrons. The summed E-state index contributed by atoms with van der Waals surface area (Å²) in [6, 6.07) is 15.2. The highest BCUT2D eigenvalue weighted by molar-refractivity contribution is 9.10. The summed E-state index contributed by atoms with van der Waals surface area (Å²) in [5.74, 6) is -0.0805. The molecule has 4 nitrogen and oxygen atoms in total. The van der Waals surface area contributed by atoms with Gasteiger partial charge in [0.15, 0.2) is 0 Å². The highest BCUT2D eigenvalue weighted by Gasteiger charge is 2.19. The summed E-state index contributed by atoms with van der Waals surface area (Å²) in [7, 11) is 0. The van der Waals surface area contributed by atoms with Gasteiger partial charge in [0.05, 0.1) is 17.6 Å². The van der Waals surface area contributed by atoms with Crippen molar-refractivity contribution in [3.63, 3.8) is 0 Å². The minimum Gasteiger partial charge on any atom is -0.334 e. The number of nitrogens with zero attached hydrogens (tertiary/aromatic N) is 1. The second-order valence-electron chi connectivity index (χ2n) is 6.37. The Morgan fingerprint density at radius 1 is 1.15 bits per heavy atom. The Kier molecular flexibility index (Phi) is 5.57. The number of benzene rings is 2. The summed E-state index contributed by atoms with van der Waals surface area (Å²) in [5.41, 5.74) is 2.93. The molecule has 1 amide bonds. The zero-order chi connectivity index (χ0) is 18.7. The zero-order valence-corrected chi connectivity index (χ0v) is 16.5. The molecule has 0 spiro atoms. The number of hydrogen-bond acceptors (Lipinski definition) is 2. The van der Waals surface area contributed by atoms with Crippen LogP contribution in [0.25, 0.3) is 10.9 Å². The third kappa shape index (κ3) is 3.73. The highest BCUT2D eigenvalue weighted by Crippen LogP contribution is 2.20. The minimum absolute atomic E-state index is 0.0805. The number of halogens is 1. The Morgan fingerprint density at radius 3 is 2.65 bits per heavy atom. The average Bonchev–Trinajstić information content (AvgIpc) is 2.62. The molecule has 5 heteroatoms. The van der Waals surface area contributed by atoms with Crippen molar-refractivity contribution in [1.82, 2.24) is 9.88 Å². The molecule has 0 atom stereocenters. The van der Waals surface area contributed by atoms with E-state index in [4.69, 9.17) is 0 Å². The smallest absolute Gasteiger partial charge is 0.255 e. The highest BCUT2D eigenvalue weighted by atomic mass is 79.9.